The molecular weight excluding hydrogens is 235 g/mol. The first-order valence-electron chi connectivity index (χ1n) is 4.02. The fourth-order valence-corrected chi connectivity index (χ4v) is 1.62. The van der Waals surface area contributed by atoms with Crippen LogP contribution in [0.1, 0.15) is 6.42 Å². The molecule has 0 N–H and O–H groups in total. The van der Waals surface area contributed by atoms with Crippen LogP contribution in [0, 0.1) is 5.82 Å². The molecule has 0 spiro atoms. The lowest BCUT2D eigenvalue weighted by Gasteiger charge is -2.12. The Kier molecular flexibility index (Phi) is 2.31. The van der Waals surface area contributed by atoms with Crippen LogP contribution in [0.15, 0.2) is 29.4 Å². The van der Waals surface area contributed by atoms with Gasteiger partial charge in [-0.05, 0) is 34.1 Å². The van der Waals surface area contributed by atoms with Crippen LogP contribution in [0.25, 0.3) is 0 Å². The molecule has 0 amide bonds. The number of anilines is 1. The number of hydrogen-bond acceptors (Lipinski definition) is 2. The fraction of sp³-hybridized carbons (Fsp3) is 0.222. The Morgan fingerprint density at radius 1 is 1.46 bits per heavy atom. The zero-order valence-electron chi connectivity index (χ0n) is 6.87. The molecule has 0 radical (unpaired) electrons. The van der Waals surface area contributed by atoms with Crippen molar-refractivity contribution in [3.05, 3.63) is 30.1 Å². The number of rotatable bonds is 1. The van der Waals surface area contributed by atoms with Crippen LogP contribution in [0.5, 0.6) is 0 Å². The van der Waals surface area contributed by atoms with Crippen molar-refractivity contribution >= 4 is 26.2 Å². The Morgan fingerprint density at radius 3 is 2.92 bits per heavy atom. The summed E-state index contributed by atoms with van der Waals surface area (Å²) < 4.78 is 13.7. The summed E-state index contributed by atoms with van der Waals surface area (Å²) in [7, 11) is 0. The van der Waals surface area contributed by atoms with Crippen molar-refractivity contribution in [3.8, 4) is 0 Å². The van der Waals surface area contributed by atoms with Gasteiger partial charge in [-0.25, -0.2) is 4.39 Å². The van der Waals surface area contributed by atoms with E-state index in [4.69, 9.17) is 0 Å². The average molecular weight is 243 g/mol. The first-order chi connectivity index (χ1) is 6.25. The summed E-state index contributed by atoms with van der Waals surface area (Å²) in [6, 6.07) is 6.44. The quantitative estimate of drug-likeness (QED) is 0.740. The highest BCUT2D eigenvalue weighted by atomic mass is 79.9. The summed E-state index contributed by atoms with van der Waals surface area (Å²) in [4.78, 5) is 0. The van der Waals surface area contributed by atoms with E-state index in [0.717, 1.165) is 23.3 Å². The number of halogens is 2. The van der Waals surface area contributed by atoms with Gasteiger partial charge in [0.05, 0.1) is 5.69 Å². The third-order valence-electron chi connectivity index (χ3n) is 1.87. The third kappa shape index (κ3) is 1.88. The predicted molar refractivity (Wildman–Crippen MR) is 54.7 cm³/mol. The van der Waals surface area contributed by atoms with Gasteiger partial charge >= 0.3 is 0 Å². The molecule has 1 heterocycles. The molecule has 0 fully saturated rings. The lowest BCUT2D eigenvalue weighted by atomic mass is 10.3. The Labute approximate surface area is 84.2 Å². The zero-order valence-corrected chi connectivity index (χ0v) is 8.46. The molecule has 1 aromatic carbocycles. The summed E-state index contributed by atoms with van der Waals surface area (Å²) in [6.07, 6.45) is 0.885. The van der Waals surface area contributed by atoms with Crippen LogP contribution in [0.4, 0.5) is 10.1 Å². The van der Waals surface area contributed by atoms with E-state index in [2.05, 4.69) is 21.0 Å². The van der Waals surface area contributed by atoms with Gasteiger partial charge in [0.15, 0.2) is 0 Å². The maximum absolute atomic E-state index is 12.8. The second kappa shape index (κ2) is 3.46. The molecule has 0 bridgehead atoms. The number of hydrazone groups is 1. The molecule has 0 saturated carbocycles. The molecular formula is C9H8BrFN2. The molecule has 4 heteroatoms. The van der Waals surface area contributed by atoms with Gasteiger partial charge in [0.25, 0.3) is 0 Å². The maximum atomic E-state index is 12.8. The van der Waals surface area contributed by atoms with E-state index in [1.54, 1.807) is 11.1 Å². The number of benzene rings is 1. The topological polar surface area (TPSA) is 15.6 Å². The number of hydrogen-bond donors (Lipinski definition) is 0. The van der Waals surface area contributed by atoms with Gasteiger partial charge in [0.1, 0.15) is 10.4 Å². The minimum absolute atomic E-state index is 0.226. The second-order valence-electron chi connectivity index (χ2n) is 2.83. The van der Waals surface area contributed by atoms with Gasteiger partial charge in [-0.3, -0.25) is 5.01 Å². The molecule has 68 valence electrons. The van der Waals surface area contributed by atoms with Crippen LogP contribution in [-0.2, 0) is 0 Å². The minimum Gasteiger partial charge on any atom is -0.264 e. The molecule has 0 atom stereocenters. The molecule has 0 aromatic heterocycles. The average Bonchev–Trinajstić information content (AvgIpc) is 2.52. The van der Waals surface area contributed by atoms with Crippen molar-refractivity contribution < 1.29 is 4.39 Å². The number of nitrogens with zero attached hydrogens (tertiary/aromatic N) is 2. The molecule has 1 aliphatic rings. The van der Waals surface area contributed by atoms with Crippen LogP contribution in [-0.4, -0.2) is 11.2 Å². The van der Waals surface area contributed by atoms with Crippen molar-refractivity contribution in [2.24, 2.45) is 5.10 Å². The third-order valence-corrected chi connectivity index (χ3v) is 2.42. The van der Waals surface area contributed by atoms with Crippen LogP contribution in [0.2, 0.25) is 0 Å². The first kappa shape index (κ1) is 8.69. The molecule has 1 aliphatic heterocycles. The van der Waals surface area contributed by atoms with Gasteiger partial charge in [-0.2, -0.15) is 5.10 Å². The molecule has 2 nitrogen and oxygen atoms in total. The Bertz CT molecular complexity index is 351. The molecule has 13 heavy (non-hydrogen) atoms. The summed E-state index contributed by atoms with van der Waals surface area (Å²) >= 11 is 3.31. The van der Waals surface area contributed by atoms with Gasteiger partial charge < -0.3 is 0 Å². The van der Waals surface area contributed by atoms with Crippen molar-refractivity contribution in [2.45, 2.75) is 6.42 Å². The SMILES string of the molecule is Fc1cccc(N2CCC(Br)=N2)c1. The molecule has 0 unspecified atom stereocenters. The summed E-state index contributed by atoms with van der Waals surface area (Å²) in [5, 5.41) is 5.98. The van der Waals surface area contributed by atoms with Gasteiger partial charge in [0, 0.05) is 13.0 Å². The van der Waals surface area contributed by atoms with Crippen molar-refractivity contribution in [3.63, 3.8) is 0 Å². The Morgan fingerprint density at radius 2 is 2.31 bits per heavy atom. The highest BCUT2D eigenvalue weighted by Crippen LogP contribution is 2.21. The van der Waals surface area contributed by atoms with Gasteiger partial charge in [-0.1, -0.05) is 6.07 Å². The predicted octanol–water partition coefficient (Wildman–Crippen LogP) is 2.74. The van der Waals surface area contributed by atoms with Crippen LogP contribution < -0.4 is 5.01 Å². The summed E-state index contributed by atoms with van der Waals surface area (Å²) in [5.41, 5.74) is 0.800. The summed E-state index contributed by atoms with van der Waals surface area (Å²) in [6.45, 7) is 0.810. The smallest absolute Gasteiger partial charge is 0.125 e. The minimum atomic E-state index is -0.226. The van der Waals surface area contributed by atoms with Crippen molar-refractivity contribution in [2.75, 3.05) is 11.6 Å². The molecule has 2 rings (SSSR count). The lowest BCUT2D eigenvalue weighted by Crippen LogP contribution is -2.11. The van der Waals surface area contributed by atoms with E-state index in [9.17, 15) is 4.39 Å². The van der Waals surface area contributed by atoms with E-state index < -0.39 is 0 Å². The van der Waals surface area contributed by atoms with E-state index in [-0.39, 0.29) is 5.82 Å². The first-order valence-corrected chi connectivity index (χ1v) is 4.81. The Hall–Kier alpha value is -0.900. The maximum Gasteiger partial charge on any atom is 0.125 e. The van der Waals surface area contributed by atoms with Crippen molar-refractivity contribution in [1.82, 2.24) is 0 Å². The standard InChI is InChI=1S/C9H8BrFN2/c10-9-4-5-13(12-9)8-3-1-2-7(11)6-8/h1-3,6H,4-5H2. The molecule has 0 aliphatic carbocycles. The molecule has 1 aromatic rings. The van der Waals surface area contributed by atoms with Gasteiger partial charge in [0.2, 0.25) is 0 Å². The Balaban J connectivity index is 2.26. The highest BCUT2D eigenvalue weighted by molar-refractivity contribution is 9.18. The van der Waals surface area contributed by atoms with Crippen LogP contribution >= 0.6 is 15.9 Å². The van der Waals surface area contributed by atoms with E-state index >= 15 is 0 Å². The van der Waals surface area contributed by atoms with Crippen molar-refractivity contribution in [1.29, 1.82) is 0 Å². The monoisotopic (exact) mass is 242 g/mol. The van der Waals surface area contributed by atoms with Crippen LogP contribution in [0.3, 0.4) is 0 Å². The van der Waals surface area contributed by atoms with E-state index in [0.29, 0.717) is 0 Å². The van der Waals surface area contributed by atoms with Gasteiger partial charge in [-0.15, -0.1) is 0 Å². The zero-order chi connectivity index (χ0) is 9.26. The van der Waals surface area contributed by atoms with E-state index in [1.807, 2.05) is 6.07 Å². The normalized spacial score (nSPS) is 16.2. The fourth-order valence-electron chi connectivity index (χ4n) is 1.25. The largest absolute Gasteiger partial charge is 0.264 e. The molecule has 0 saturated heterocycles. The highest BCUT2D eigenvalue weighted by Gasteiger charge is 2.13. The summed E-state index contributed by atoms with van der Waals surface area (Å²) in [5.74, 6) is -0.226. The van der Waals surface area contributed by atoms with E-state index in [1.165, 1.54) is 12.1 Å². The lowest BCUT2D eigenvalue weighted by molar-refractivity contribution is 0.627. The second-order valence-corrected chi connectivity index (χ2v) is 3.74.